The van der Waals surface area contributed by atoms with Gasteiger partial charge in [-0.15, -0.1) is 11.8 Å². The highest BCUT2D eigenvalue weighted by molar-refractivity contribution is 5.75. The normalized spacial score (nSPS) is 11.3. The van der Waals surface area contributed by atoms with Crippen molar-refractivity contribution in [2.45, 2.75) is 77.7 Å². The number of rotatable bonds is 10. The van der Waals surface area contributed by atoms with E-state index in [-0.39, 0.29) is 0 Å². The molecule has 1 unspecified atom stereocenters. The fraction of sp³-hybridized carbons (Fsp3) is 0.750. The Morgan fingerprint density at radius 2 is 1.65 bits per heavy atom. The maximum Gasteiger partial charge on any atom is 0.303 e. The first kappa shape index (κ1) is 18.5. The van der Waals surface area contributed by atoms with Crippen molar-refractivity contribution < 1.29 is 19.4 Å². The van der Waals surface area contributed by atoms with E-state index in [0.717, 1.165) is 51.4 Å². The molecule has 0 heterocycles. The molecule has 0 aliphatic heterocycles. The lowest BCUT2D eigenvalue weighted by Crippen LogP contribution is -2.38. The summed E-state index contributed by atoms with van der Waals surface area (Å²) in [7, 11) is 0. The smallest absolute Gasteiger partial charge is 0.303 e. The van der Waals surface area contributed by atoms with E-state index in [1.807, 2.05) is 6.92 Å². The molecule has 1 atom stereocenters. The van der Waals surface area contributed by atoms with Gasteiger partial charge in [-0.25, -0.2) is 0 Å². The molecular formula is C16H25O4-. The van der Waals surface area contributed by atoms with Crippen LogP contribution in [-0.4, -0.2) is 18.0 Å². The average Bonchev–Trinajstić information content (AvgIpc) is 2.39. The number of carboxylic acid groups (broad SMARTS) is 1. The molecule has 20 heavy (non-hydrogen) atoms. The second-order valence-electron chi connectivity index (χ2n) is 4.78. The molecule has 0 fully saturated rings. The zero-order valence-corrected chi connectivity index (χ0v) is 12.6. The minimum atomic E-state index is -1.31. The SMILES string of the molecule is CCC#CCCCCCCCCC(OC(C)=O)C(=O)[O-]. The van der Waals surface area contributed by atoms with Gasteiger partial charge in [0, 0.05) is 19.8 Å². The van der Waals surface area contributed by atoms with E-state index in [1.165, 1.54) is 6.92 Å². The number of carbonyl (C=O) groups is 2. The Morgan fingerprint density at radius 3 is 2.20 bits per heavy atom. The first-order chi connectivity index (χ1) is 9.57. The minimum absolute atomic E-state index is 0.337. The summed E-state index contributed by atoms with van der Waals surface area (Å²) in [5.74, 6) is 4.27. The third kappa shape index (κ3) is 11.6. The molecule has 4 heteroatoms. The third-order valence-electron chi connectivity index (χ3n) is 2.89. The Hall–Kier alpha value is -1.50. The van der Waals surface area contributed by atoms with E-state index < -0.39 is 18.0 Å². The summed E-state index contributed by atoms with van der Waals surface area (Å²) < 4.78 is 4.68. The topological polar surface area (TPSA) is 66.4 Å². The number of unbranched alkanes of at least 4 members (excludes halogenated alkanes) is 6. The molecule has 0 saturated carbocycles. The Morgan fingerprint density at radius 1 is 1.05 bits per heavy atom. The van der Waals surface area contributed by atoms with Crippen LogP contribution in [0.5, 0.6) is 0 Å². The second-order valence-corrected chi connectivity index (χ2v) is 4.78. The van der Waals surface area contributed by atoms with Crippen LogP contribution in [0, 0.1) is 11.8 Å². The van der Waals surface area contributed by atoms with E-state index in [2.05, 4.69) is 16.6 Å². The van der Waals surface area contributed by atoms with Crippen molar-refractivity contribution in [2.24, 2.45) is 0 Å². The van der Waals surface area contributed by atoms with Gasteiger partial charge >= 0.3 is 5.97 Å². The molecule has 0 radical (unpaired) electrons. The van der Waals surface area contributed by atoms with Gasteiger partial charge in [-0.2, -0.15) is 0 Å². The summed E-state index contributed by atoms with van der Waals surface area (Å²) in [5.41, 5.74) is 0. The summed E-state index contributed by atoms with van der Waals surface area (Å²) in [5, 5.41) is 10.7. The van der Waals surface area contributed by atoms with Crippen molar-refractivity contribution in [3.05, 3.63) is 0 Å². The van der Waals surface area contributed by atoms with Gasteiger partial charge in [0.15, 0.2) is 0 Å². The number of ether oxygens (including phenoxy) is 1. The maximum absolute atomic E-state index is 10.7. The number of hydrogen-bond donors (Lipinski definition) is 0. The van der Waals surface area contributed by atoms with Crippen molar-refractivity contribution in [2.75, 3.05) is 0 Å². The summed E-state index contributed by atoms with van der Waals surface area (Å²) in [6.07, 6.45) is 7.30. The number of carboxylic acids is 1. The second kappa shape index (κ2) is 12.5. The molecule has 0 saturated heterocycles. The van der Waals surface area contributed by atoms with Crippen LogP contribution in [0.15, 0.2) is 0 Å². The van der Waals surface area contributed by atoms with E-state index in [9.17, 15) is 14.7 Å². The van der Waals surface area contributed by atoms with Crippen molar-refractivity contribution in [1.82, 2.24) is 0 Å². The largest absolute Gasteiger partial charge is 0.546 e. The number of carbonyl (C=O) groups excluding carboxylic acids is 2. The van der Waals surface area contributed by atoms with Crippen molar-refractivity contribution in [1.29, 1.82) is 0 Å². The van der Waals surface area contributed by atoms with Gasteiger partial charge in [0.1, 0.15) is 6.10 Å². The minimum Gasteiger partial charge on any atom is -0.546 e. The molecule has 0 aromatic rings. The summed E-state index contributed by atoms with van der Waals surface area (Å²) >= 11 is 0. The van der Waals surface area contributed by atoms with Crippen molar-refractivity contribution in [3.8, 4) is 11.8 Å². The predicted octanol–water partition coefficient (Wildman–Crippen LogP) is 2.20. The van der Waals surface area contributed by atoms with E-state index in [4.69, 9.17) is 0 Å². The van der Waals surface area contributed by atoms with E-state index in [0.29, 0.717) is 6.42 Å². The van der Waals surface area contributed by atoms with Crippen LogP contribution in [0.4, 0.5) is 0 Å². The Bertz CT molecular complexity index is 338. The number of hydrogen-bond acceptors (Lipinski definition) is 4. The van der Waals surface area contributed by atoms with Crippen molar-refractivity contribution >= 4 is 11.9 Å². The highest BCUT2D eigenvalue weighted by atomic mass is 16.6. The first-order valence-electron chi connectivity index (χ1n) is 7.41. The maximum atomic E-state index is 10.7. The average molecular weight is 281 g/mol. The lowest BCUT2D eigenvalue weighted by Gasteiger charge is -2.17. The molecule has 0 aromatic heterocycles. The van der Waals surface area contributed by atoms with Crippen LogP contribution < -0.4 is 5.11 Å². The highest BCUT2D eigenvalue weighted by Gasteiger charge is 2.12. The fourth-order valence-electron chi connectivity index (χ4n) is 1.89. The lowest BCUT2D eigenvalue weighted by molar-refractivity contribution is -0.315. The summed E-state index contributed by atoms with van der Waals surface area (Å²) in [4.78, 5) is 21.4. The van der Waals surface area contributed by atoms with E-state index in [1.54, 1.807) is 0 Å². The zero-order valence-electron chi connectivity index (χ0n) is 12.6. The highest BCUT2D eigenvalue weighted by Crippen LogP contribution is 2.11. The molecular weight excluding hydrogens is 256 g/mol. The van der Waals surface area contributed by atoms with Crippen molar-refractivity contribution in [3.63, 3.8) is 0 Å². The van der Waals surface area contributed by atoms with Crippen LogP contribution in [0.25, 0.3) is 0 Å². The number of esters is 1. The van der Waals surface area contributed by atoms with E-state index >= 15 is 0 Å². The van der Waals surface area contributed by atoms with Gasteiger partial charge in [0.05, 0.1) is 5.97 Å². The molecule has 0 aliphatic carbocycles. The fourth-order valence-corrected chi connectivity index (χ4v) is 1.89. The molecule has 0 aliphatic rings. The Balaban J connectivity index is 3.50. The molecule has 0 rings (SSSR count). The summed E-state index contributed by atoms with van der Waals surface area (Å²) in [6.45, 7) is 3.25. The number of aliphatic carboxylic acids is 1. The van der Waals surface area contributed by atoms with Crippen LogP contribution in [0.1, 0.15) is 71.6 Å². The monoisotopic (exact) mass is 281 g/mol. The standard InChI is InChI=1S/C16H26O4/c1-3-4-5-6-7-8-9-10-11-12-13-15(16(18)19)20-14(2)17/h15H,3,6-13H2,1-2H3,(H,18,19)/p-1. The van der Waals surface area contributed by atoms with Gasteiger partial charge in [0.2, 0.25) is 0 Å². The van der Waals surface area contributed by atoms with Crippen LogP contribution >= 0.6 is 0 Å². The quantitative estimate of drug-likeness (QED) is 0.350. The molecule has 0 aromatic carbocycles. The van der Waals surface area contributed by atoms with Gasteiger partial charge in [-0.1, -0.05) is 32.6 Å². The molecule has 0 amide bonds. The molecule has 0 bridgehead atoms. The zero-order chi connectivity index (χ0) is 15.2. The Kier molecular flexibility index (Phi) is 11.6. The Labute approximate surface area is 121 Å². The summed E-state index contributed by atoms with van der Waals surface area (Å²) in [6, 6.07) is 0. The van der Waals surface area contributed by atoms with Gasteiger partial charge in [-0.3, -0.25) is 4.79 Å². The molecule has 114 valence electrons. The van der Waals surface area contributed by atoms with Gasteiger partial charge in [-0.05, 0) is 19.3 Å². The van der Waals surface area contributed by atoms with Gasteiger partial charge in [0.25, 0.3) is 0 Å². The van der Waals surface area contributed by atoms with Crippen LogP contribution in [-0.2, 0) is 14.3 Å². The third-order valence-corrected chi connectivity index (χ3v) is 2.89. The van der Waals surface area contributed by atoms with Crippen LogP contribution in [0.2, 0.25) is 0 Å². The van der Waals surface area contributed by atoms with Crippen LogP contribution in [0.3, 0.4) is 0 Å². The molecule has 0 N–H and O–H groups in total. The lowest BCUT2D eigenvalue weighted by atomic mass is 10.1. The predicted molar refractivity (Wildman–Crippen MR) is 75.6 cm³/mol. The first-order valence-corrected chi connectivity index (χ1v) is 7.41. The van der Waals surface area contributed by atoms with Gasteiger partial charge < -0.3 is 14.6 Å². The molecule has 0 spiro atoms. The molecule has 4 nitrogen and oxygen atoms in total.